The van der Waals surface area contributed by atoms with Gasteiger partial charge in [0.1, 0.15) is 5.75 Å². The van der Waals surface area contributed by atoms with Crippen LogP contribution >= 0.6 is 11.8 Å². The molecule has 0 saturated carbocycles. The van der Waals surface area contributed by atoms with E-state index in [0.29, 0.717) is 22.6 Å². The molecule has 3 rings (SSSR count). The fourth-order valence-corrected chi connectivity index (χ4v) is 2.84. The first-order chi connectivity index (χ1) is 11.7. The minimum Gasteiger partial charge on any atom is -0.507 e. The van der Waals surface area contributed by atoms with Gasteiger partial charge in [0.2, 0.25) is 11.2 Å². The van der Waals surface area contributed by atoms with Gasteiger partial charge in [-0.2, -0.15) is 18.2 Å². The van der Waals surface area contributed by atoms with Gasteiger partial charge in [-0.05, 0) is 30.9 Å². The van der Waals surface area contributed by atoms with Gasteiger partial charge in [0.05, 0.1) is 18.4 Å². The summed E-state index contributed by atoms with van der Waals surface area (Å²) in [7, 11) is 1.43. The Balaban J connectivity index is 2.22. The predicted octanol–water partition coefficient (Wildman–Crippen LogP) is 4.65. The summed E-state index contributed by atoms with van der Waals surface area (Å²) in [6.07, 6.45) is -2.76. The Hall–Kier alpha value is -2.42. The molecule has 9 heteroatoms. The number of pyridine rings is 1. The number of aryl methyl sites for hydroxylation is 1. The van der Waals surface area contributed by atoms with E-state index in [2.05, 4.69) is 9.97 Å². The molecule has 0 radical (unpaired) electrons. The molecule has 3 aromatic rings. The van der Waals surface area contributed by atoms with Crippen molar-refractivity contribution in [2.24, 2.45) is 0 Å². The lowest BCUT2D eigenvalue weighted by Crippen LogP contribution is -2.05. The highest BCUT2D eigenvalue weighted by atomic mass is 32.2. The maximum absolute atomic E-state index is 12.9. The summed E-state index contributed by atoms with van der Waals surface area (Å²) in [5.41, 5.74) is 0.313. The minimum atomic E-state index is -4.55. The van der Waals surface area contributed by atoms with Gasteiger partial charge in [0.15, 0.2) is 5.75 Å². The van der Waals surface area contributed by atoms with Gasteiger partial charge in [-0.25, -0.2) is 4.98 Å². The van der Waals surface area contributed by atoms with Crippen molar-refractivity contribution in [1.29, 1.82) is 0 Å². The summed E-state index contributed by atoms with van der Waals surface area (Å²) >= 11 is 1.28. The summed E-state index contributed by atoms with van der Waals surface area (Å²) < 4.78 is 49.4. The fraction of sp³-hybridized carbons (Fsp3) is 0.250. The van der Waals surface area contributed by atoms with Crippen molar-refractivity contribution in [2.75, 3.05) is 13.4 Å². The number of oxazole rings is 1. The quantitative estimate of drug-likeness (QED) is 0.677. The second-order valence-electron chi connectivity index (χ2n) is 5.23. The summed E-state index contributed by atoms with van der Waals surface area (Å²) in [5.74, 6) is -0.193. The third-order valence-electron chi connectivity index (χ3n) is 3.60. The average molecular weight is 370 g/mol. The van der Waals surface area contributed by atoms with Crippen molar-refractivity contribution in [3.63, 3.8) is 0 Å². The van der Waals surface area contributed by atoms with Gasteiger partial charge in [0, 0.05) is 11.6 Å². The highest BCUT2D eigenvalue weighted by molar-refractivity contribution is 7.98. The zero-order valence-corrected chi connectivity index (χ0v) is 14.2. The highest BCUT2D eigenvalue weighted by Gasteiger charge is 2.32. The van der Waals surface area contributed by atoms with Gasteiger partial charge >= 0.3 is 6.18 Å². The number of hydrogen-bond donors (Lipinski definition) is 1. The third-order valence-corrected chi connectivity index (χ3v) is 4.12. The molecule has 0 aliphatic rings. The van der Waals surface area contributed by atoms with Gasteiger partial charge < -0.3 is 14.3 Å². The molecule has 5 nitrogen and oxygen atoms in total. The highest BCUT2D eigenvalue weighted by Crippen LogP contribution is 2.40. The first kappa shape index (κ1) is 17.4. The van der Waals surface area contributed by atoms with Crippen molar-refractivity contribution < 1.29 is 27.4 Å². The summed E-state index contributed by atoms with van der Waals surface area (Å²) in [4.78, 5) is 8.48. The zero-order valence-electron chi connectivity index (χ0n) is 13.4. The summed E-state index contributed by atoms with van der Waals surface area (Å²) in [6, 6.07) is 3.13. The maximum atomic E-state index is 12.9. The van der Waals surface area contributed by atoms with Gasteiger partial charge in [-0.3, -0.25) is 0 Å². The number of fused-ring (bicyclic) bond motifs is 1. The maximum Gasteiger partial charge on any atom is 0.416 e. The van der Waals surface area contributed by atoms with Crippen molar-refractivity contribution >= 4 is 23.0 Å². The third kappa shape index (κ3) is 3.11. The van der Waals surface area contributed by atoms with E-state index in [1.165, 1.54) is 31.9 Å². The van der Waals surface area contributed by atoms with E-state index in [1.54, 1.807) is 6.26 Å². The second-order valence-corrected chi connectivity index (χ2v) is 5.99. The van der Waals surface area contributed by atoms with Gasteiger partial charge in [-0.15, -0.1) is 0 Å². The molecule has 25 heavy (non-hydrogen) atoms. The van der Waals surface area contributed by atoms with E-state index in [1.807, 2.05) is 0 Å². The SMILES string of the molecule is COc1cc(-c2c(C)cc(C(F)(F)F)cc2O)nc2nc(SC)oc12. The monoisotopic (exact) mass is 370 g/mol. The fourth-order valence-electron chi connectivity index (χ4n) is 2.50. The standard InChI is InChI=1S/C16H13F3N2O3S/c1-7-4-8(16(17,18)19)5-10(22)12(7)9-6-11(23-2)13-14(20-9)21-15(24-13)25-3/h4-6,22H,1-3H3. The number of aromatic hydroxyl groups is 1. The first-order valence-corrected chi connectivity index (χ1v) is 8.27. The van der Waals surface area contributed by atoms with E-state index in [-0.39, 0.29) is 22.5 Å². The lowest BCUT2D eigenvalue weighted by atomic mass is 10.00. The van der Waals surface area contributed by atoms with Crippen LogP contribution in [0, 0.1) is 6.92 Å². The largest absolute Gasteiger partial charge is 0.507 e. The van der Waals surface area contributed by atoms with Crippen LogP contribution in [0.3, 0.4) is 0 Å². The number of benzene rings is 1. The molecule has 132 valence electrons. The van der Waals surface area contributed by atoms with Crippen LogP contribution in [-0.2, 0) is 6.18 Å². The van der Waals surface area contributed by atoms with Crippen LogP contribution in [0.5, 0.6) is 11.5 Å². The Bertz CT molecular complexity index is 931. The number of methoxy groups -OCH3 is 1. The lowest BCUT2D eigenvalue weighted by molar-refractivity contribution is -0.137. The van der Waals surface area contributed by atoms with Crippen LogP contribution in [-0.4, -0.2) is 28.4 Å². The van der Waals surface area contributed by atoms with E-state index in [0.717, 1.165) is 6.07 Å². The molecular formula is C16H13F3N2O3S. The van der Waals surface area contributed by atoms with E-state index in [4.69, 9.17) is 9.15 Å². The van der Waals surface area contributed by atoms with E-state index < -0.39 is 17.5 Å². The Labute approximate surface area is 144 Å². The summed E-state index contributed by atoms with van der Waals surface area (Å²) in [6.45, 7) is 1.47. The molecule has 1 N–H and O–H groups in total. The molecule has 0 atom stereocenters. The molecular weight excluding hydrogens is 357 g/mol. The molecule has 0 saturated heterocycles. The first-order valence-electron chi connectivity index (χ1n) is 7.05. The molecule has 0 fully saturated rings. The Morgan fingerprint density at radius 3 is 2.48 bits per heavy atom. The molecule has 2 heterocycles. The average Bonchev–Trinajstić information content (AvgIpc) is 2.95. The molecule has 1 aromatic carbocycles. The van der Waals surface area contributed by atoms with Crippen LogP contribution in [0.25, 0.3) is 22.5 Å². The number of rotatable bonds is 3. The van der Waals surface area contributed by atoms with Crippen molar-refractivity contribution in [2.45, 2.75) is 18.3 Å². The van der Waals surface area contributed by atoms with Crippen LogP contribution in [0.4, 0.5) is 13.2 Å². The van der Waals surface area contributed by atoms with Crippen LogP contribution < -0.4 is 4.74 Å². The Morgan fingerprint density at radius 1 is 1.20 bits per heavy atom. The van der Waals surface area contributed by atoms with Gasteiger partial charge in [0.25, 0.3) is 5.22 Å². The van der Waals surface area contributed by atoms with Crippen LogP contribution in [0.2, 0.25) is 0 Å². The number of aromatic nitrogens is 2. The van der Waals surface area contributed by atoms with Crippen molar-refractivity contribution in [1.82, 2.24) is 9.97 Å². The number of phenolic OH excluding ortho intramolecular Hbond substituents is 1. The molecule has 0 spiro atoms. The van der Waals surface area contributed by atoms with Gasteiger partial charge in [-0.1, -0.05) is 11.8 Å². The molecule has 2 aromatic heterocycles. The number of nitrogens with zero attached hydrogens (tertiary/aromatic N) is 2. The van der Waals surface area contributed by atoms with Crippen LogP contribution in [0.1, 0.15) is 11.1 Å². The lowest BCUT2D eigenvalue weighted by Gasteiger charge is -2.13. The Morgan fingerprint density at radius 2 is 1.92 bits per heavy atom. The molecule has 0 aliphatic heterocycles. The zero-order chi connectivity index (χ0) is 18.4. The van der Waals surface area contributed by atoms with Crippen molar-refractivity contribution in [3.05, 3.63) is 29.3 Å². The van der Waals surface area contributed by atoms with E-state index in [9.17, 15) is 18.3 Å². The normalized spacial score (nSPS) is 11.9. The number of thioether (sulfide) groups is 1. The molecule has 0 bridgehead atoms. The van der Waals surface area contributed by atoms with Crippen LogP contribution in [0.15, 0.2) is 27.8 Å². The number of halogens is 3. The number of ether oxygens (including phenoxy) is 1. The topological polar surface area (TPSA) is 68.4 Å². The number of alkyl halides is 3. The van der Waals surface area contributed by atoms with Crippen molar-refractivity contribution in [3.8, 4) is 22.8 Å². The molecule has 0 amide bonds. The number of hydrogen-bond acceptors (Lipinski definition) is 6. The van der Waals surface area contributed by atoms with E-state index >= 15 is 0 Å². The number of phenols is 1. The summed E-state index contributed by atoms with van der Waals surface area (Å²) in [5, 5.41) is 10.5. The smallest absolute Gasteiger partial charge is 0.416 e. The second kappa shape index (κ2) is 6.14. The minimum absolute atomic E-state index is 0.182. The Kier molecular flexibility index (Phi) is 4.28. The molecule has 0 unspecified atom stereocenters. The molecule has 0 aliphatic carbocycles. The predicted molar refractivity (Wildman–Crippen MR) is 87.0 cm³/mol.